The SMILES string of the molecule is N#CCOc1ccc2[nH]cc([C@@H](C(=O)O)N3CCN(Cc4ccccn4)CC3)c2c1. The van der Waals surface area contributed by atoms with E-state index in [0.717, 1.165) is 36.2 Å². The van der Waals surface area contributed by atoms with Crippen LogP contribution >= 0.6 is 0 Å². The number of carboxylic acids is 1. The molecule has 1 saturated heterocycles. The number of benzene rings is 1. The molecule has 0 bridgehead atoms. The predicted molar refractivity (Wildman–Crippen MR) is 111 cm³/mol. The van der Waals surface area contributed by atoms with Crippen LogP contribution in [0.3, 0.4) is 0 Å². The van der Waals surface area contributed by atoms with Crippen LogP contribution in [0, 0.1) is 11.3 Å². The van der Waals surface area contributed by atoms with Gasteiger partial charge in [0, 0.05) is 61.6 Å². The number of hydrogen-bond donors (Lipinski definition) is 2. The number of carboxylic acid groups (broad SMARTS) is 1. The van der Waals surface area contributed by atoms with Gasteiger partial charge in [-0.2, -0.15) is 5.26 Å². The normalized spacial score (nSPS) is 16.2. The number of nitrogens with one attached hydrogen (secondary N) is 1. The Kier molecular flexibility index (Phi) is 5.93. The Balaban J connectivity index is 1.51. The Hall–Kier alpha value is -3.41. The Morgan fingerprint density at radius 3 is 2.80 bits per heavy atom. The molecule has 0 saturated carbocycles. The molecule has 1 fully saturated rings. The predicted octanol–water partition coefficient (Wildman–Crippen LogP) is 2.41. The maximum absolute atomic E-state index is 12.2. The molecular formula is C22H23N5O3. The number of fused-ring (bicyclic) bond motifs is 1. The minimum absolute atomic E-state index is 0.0497. The van der Waals surface area contributed by atoms with Crippen molar-refractivity contribution in [2.24, 2.45) is 0 Å². The highest BCUT2D eigenvalue weighted by atomic mass is 16.5. The zero-order valence-corrected chi connectivity index (χ0v) is 16.5. The topological polar surface area (TPSA) is 105 Å². The van der Waals surface area contributed by atoms with Crippen LogP contribution in [0.25, 0.3) is 10.9 Å². The maximum Gasteiger partial charge on any atom is 0.325 e. The van der Waals surface area contributed by atoms with E-state index in [0.29, 0.717) is 24.4 Å². The smallest absolute Gasteiger partial charge is 0.325 e. The summed E-state index contributed by atoms with van der Waals surface area (Å²) in [5.74, 6) is -0.327. The second-order valence-electron chi connectivity index (χ2n) is 7.27. The molecule has 3 aromatic rings. The van der Waals surface area contributed by atoms with E-state index in [2.05, 4.69) is 14.9 Å². The third-order valence-electron chi connectivity index (χ3n) is 5.40. The monoisotopic (exact) mass is 405 g/mol. The van der Waals surface area contributed by atoms with Crippen molar-refractivity contribution in [1.29, 1.82) is 5.26 Å². The van der Waals surface area contributed by atoms with E-state index in [1.165, 1.54) is 0 Å². The highest BCUT2D eigenvalue weighted by Gasteiger charge is 2.32. The molecule has 8 heteroatoms. The first-order valence-electron chi connectivity index (χ1n) is 9.85. The van der Waals surface area contributed by atoms with Crippen molar-refractivity contribution in [3.05, 3.63) is 60.0 Å². The number of pyridine rings is 1. The standard InChI is InChI=1S/C22H23N5O3/c23-6-12-30-17-4-5-20-18(13-17)19(14-25-20)21(22(28)29)27-10-8-26(9-11-27)15-16-3-1-2-7-24-16/h1-5,7,13-14,21,25H,8-12,15H2,(H,28,29)/t21-/m0/s1. The summed E-state index contributed by atoms with van der Waals surface area (Å²) in [6.45, 7) is 3.58. The number of H-pyrrole nitrogens is 1. The fourth-order valence-electron chi connectivity index (χ4n) is 3.94. The molecule has 4 rings (SSSR count). The van der Waals surface area contributed by atoms with Crippen LogP contribution < -0.4 is 4.74 Å². The number of rotatable bonds is 7. The van der Waals surface area contributed by atoms with Gasteiger partial charge in [-0.25, -0.2) is 0 Å². The summed E-state index contributed by atoms with van der Waals surface area (Å²) >= 11 is 0. The molecule has 30 heavy (non-hydrogen) atoms. The van der Waals surface area contributed by atoms with E-state index in [1.54, 1.807) is 24.5 Å². The van der Waals surface area contributed by atoms with Crippen LogP contribution in [0.4, 0.5) is 0 Å². The summed E-state index contributed by atoms with van der Waals surface area (Å²) in [7, 11) is 0. The highest BCUT2D eigenvalue weighted by molar-refractivity contribution is 5.90. The first-order chi connectivity index (χ1) is 14.7. The van der Waals surface area contributed by atoms with E-state index in [4.69, 9.17) is 10.00 Å². The first-order valence-corrected chi connectivity index (χ1v) is 9.85. The van der Waals surface area contributed by atoms with Gasteiger partial charge < -0.3 is 14.8 Å². The largest absolute Gasteiger partial charge is 0.480 e. The van der Waals surface area contributed by atoms with Crippen molar-refractivity contribution in [3.63, 3.8) is 0 Å². The quantitative estimate of drug-likeness (QED) is 0.622. The van der Waals surface area contributed by atoms with Crippen molar-refractivity contribution < 1.29 is 14.6 Å². The molecule has 0 amide bonds. The number of ether oxygens (including phenoxy) is 1. The van der Waals surface area contributed by atoms with Gasteiger partial charge in [0.15, 0.2) is 6.61 Å². The molecule has 1 aliphatic rings. The highest BCUT2D eigenvalue weighted by Crippen LogP contribution is 2.32. The Morgan fingerprint density at radius 1 is 1.27 bits per heavy atom. The van der Waals surface area contributed by atoms with Crippen LogP contribution in [-0.2, 0) is 11.3 Å². The average Bonchev–Trinajstić information content (AvgIpc) is 3.17. The Morgan fingerprint density at radius 2 is 2.10 bits per heavy atom. The summed E-state index contributed by atoms with van der Waals surface area (Å²) in [5.41, 5.74) is 2.56. The van der Waals surface area contributed by atoms with Crippen LogP contribution in [-0.4, -0.2) is 63.6 Å². The number of carbonyl (C=O) groups is 1. The van der Waals surface area contributed by atoms with Gasteiger partial charge in [-0.15, -0.1) is 0 Å². The van der Waals surface area contributed by atoms with Crippen molar-refractivity contribution in [2.75, 3.05) is 32.8 Å². The molecular weight excluding hydrogens is 382 g/mol. The van der Waals surface area contributed by atoms with Crippen LogP contribution in [0.15, 0.2) is 48.8 Å². The number of hydrogen-bond acceptors (Lipinski definition) is 6. The molecule has 0 spiro atoms. The number of nitrogens with zero attached hydrogens (tertiary/aromatic N) is 4. The lowest BCUT2D eigenvalue weighted by Crippen LogP contribution is -2.48. The van der Waals surface area contributed by atoms with Gasteiger partial charge in [0.05, 0.1) is 5.69 Å². The van der Waals surface area contributed by atoms with Gasteiger partial charge in [0.2, 0.25) is 0 Å². The molecule has 1 aliphatic heterocycles. The number of aromatic nitrogens is 2. The molecule has 3 heterocycles. The van der Waals surface area contributed by atoms with Gasteiger partial charge in [0.1, 0.15) is 17.9 Å². The van der Waals surface area contributed by atoms with E-state index in [-0.39, 0.29) is 6.61 Å². The van der Waals surface area contributed by atoms with E-state index >= 15 is 0 Å². The summed E-state index contributed by atoms with van der Waals surface area (Å²) in [5, 5.41) is 19.5. The number of aliphatic carboxylic acids is 1. The van der Waals surface area contributed by atoms with Crippen LogP contribution in [0.1, 0.15) is 17.3 Å². The molecule has 2 N–H and O–H groups in total. The third kappa shape index (κ3) is 4.27. The van der Waals surface area contributed by atoms with Gasteiger partial charge in [-0.05, 0) is 30.3 Å². The van der Waals surface area contributed by atoms with Crippen LogP contribution in [0.2, 0.25) is 0 Å². The molecule has 0 unspecified atom stereocenters. The molecule has 154 valence electrons. The Bertz CT molecular complexity index is 1050. The zero-order valence-electron chi connectivity index (χ0n) is 16.5. The summed E-state index contributed by atoms with van der Waals surface area (Å²) in [6, 6.07) is 12.5. The average molecular weight is 405 g/mol. The molecule has 2 aromatic heterocycles. The fourth-order valence-corrected chi connectivity index (χ4v) is 3.94. The molecule has 0 aliphatic carbocycles. The van der Waals surface area contributed by atoms with Gasteiger partial charge in [0.25, 0.3) is 0 Å². The van der Waals surface area contributed by atoms with Crippen molar-refractivity contribution >= 4 is 16.9 Å². The second kappa shape index (κ2) is 8.95. The minimum atomic E-state index is -0.877. The molecule has 1 atom stereocenters. The summed E-state index contributed by atoms with van der Waals surface area (Å²) in [6.07, 6.45) is 3.55. The summed E-state index contributed by atoms with van der Waals surface area (Å²) < 4.78 is 5.40. The van der Waals surface area contributed by atoms with E-state index in [1.807, 2.05) is 35.2 Å². The van der Waals surface area contributed by atoms with Crippen LogP contribution in [0.5, 0.6) is 5.75 Å². The van der Waals surface area contributed by atoms with Gasteiger partial charge >= 0.3 is 5.97 Å². The molecule has 1 aromatic carbocycles. The second-order valence-corrected chi connectivity index (χ2v) is 7.27. The fraction of sp³-hybridized carbons (Fsp3) is 0.318. The lowest BCUT2D eigenvalue weighted by atomic mass is 10.0. The summed E-state index contributed by atoms with van der Waals surface area (Å²) in [4.78, 5) is 24.0. The van der Waals surface area contributed by atoms with Gasteiger partial charge in [-0.1, -0.05) is 6.07 Å². The van der Waals surface area contributed by atoms with Gasteiger partial charge in [-0.3, -0.25) is 19.6 Å². The number of aromatic amines is 1. The third-order valence-corrected chi connectivity index (χ3v) is 5.40. The van der Waals surface area contributed by atoms with Crippen molar-refractivity contribution in [3.8, 4) is 11.8 Å². The van der Waals surface area contributed by atoms with E-state index in [9.17, 15) is 9.90 Å². The van der Waals surface area contributed by atoms with Crippen molar-refractivity contribution in [1.82, 2.24) is 19.8 Å². The van der Waals surface area contributed by atoms with E-state index < -0.39 is 12.0 Å². The minimum Gasteiger partial charge on any atom is -0.480 e. The lowest BCUT2D eigenvalue weighted by molar-refractivity contribution is -0.144. The molecule has 8 nitrogen and oxygen atoms in total. The lowest BCUT2D eigenvalue weighted by Gasteiger charge is -2.37. The first kappa shape index (κ1) is 19.9. The number of piperazine rings is 1. The zero-order chi connectivity index (χ0) is 20.9. The van der Waals surface area contributed by atoms with Crippen molar-refractivity contribution in [2.45, 2.75) is 12.6 Å². The Labute approximate surface area is 174 Å². The molecule has 0 radical (unpaired) electrons. The maximum atomic E-state index is 12.2. The number of nitriles is 1.